The number of nitrogens with two attached hydrogens (primary N) is 1. The van der Waals surface area contributed by atoms with Gasteiger partial charge in [0.05, 0.1) is 6.61 Å². The Hall–Kier alpha value is -0.120. The van der Waals surface area contributed by atoms with Gasteiger partial charge in [0.15, 0.2) is 0 Å². The number of rotatable bonds is 5. The molecule has 3 aliphatic rings. The summed E-state index contributed by atoms with van der Waals surface area (Å²) in [6.07, 6.45) is 15.4. The maximum absolute atomic E-state index is 6.57. The summed E-state index contributed by atoms with van der Waals surface area (Å²) in [4.78, 5) is 2.85. The molecule has 0 aromatic carbocycles. The second-order valence-corrected chi connectivity index (χ2v) is 7.57. The fourth-order valence-corrected chi connectivity index (χ4v) is 4.70. The minimum Gasteiger partial charge on any atom is -0.381 e. The smallest absolute Gasteiger partial charge is 0.0510 e. The Morgan fingerprint density at radius 1 is 0.857 bits per heavy atom. The predicted molar refractivity (Wildman–Crippen MR) is 87.4 cm³/mol. The minimum absolute atomic E-state index is 0.316. The Labute approximate surface area is 130 Å². The van der Waals surface area contributed by atoms with Crippen LogP contribution in [0, 0.1) is 5.92 Å². The standard InChI is InChI=1S/C18H34N2O/c19-18(15-11-12-21-14-15)13-20(16-7-3-1-4-8-16)17-9-5-2-6-10-17/h15-18H,1-14,19H2. The average molecular weight is 294 g/mol. The van der Waals surface area contributed by atoms with Crippen LogP contribution in [0.4, 0.5) is 0 Å². The highest BCUT2D eigenvalue weighted by molar-refractivity contribution is 4.88. The molecule has 0 radical (unpaired) electrons. The van der Waals surface area contributed by atoms with Gasteiger partial charge < -0.3 is 10.5 Å². The molecule has 122 valence electrons. The Balaban J connectivity index is 1.61. The van der Waals surface area contributed by atoms with Gasteiger partial charge >= 0.3 is 0 Å². The molecular weight excluding hydrogens is 260 g/mol. The lowest BCUT2D eigenvalue weighted by Gasteiger charge is -2.43. The molecule has 2 saturated carbocycles. The van der Waals surface area contributed by atoms with Gasteiger partial charge in [-0.25, -0.2) is 0 Å². The lowest BCUT2D eigenvalue weighted by molar-refractivity contribution is 0.0659. The van der Waals surface area contributed by atoms with Crippen LogP contribution in [0.25, 0.3) is 0 Å². The topological polar surface area (TPSA) is 38.5 Å². The minimum atomic E-state index is 0.316. The molecule has 3 nitrogen and oxygen atoms in total. The van der Waals surface area contributed by atoms with Crippen molar-refractivity contribution in [3.05, 3.63) is 0 Å². The fraction of sp³-hybridized carbons (Fsp3) is 1.00. The van der Waals surface area contributed by atoms with E-state index in [1.165, 1.54) is 70.6 Å². The van der Waals surface area contributed by atoms with Gasteiger partial charge in [-0.2, -0.15) is 0 Å². The number of hydrogen-bond acceptors (Lipinski definition) is 3. The third kappa shape index (κ3) is 4.20. The quantitative estimate of drug-likeness (QED) is 0.845. The molecule has 2 aliphatic carbocycles. The lowest BCUT2D eigenvalue weighted by atomic mass is 9.87. The molecule has 0 bridgehead atoms. The summed E-state index contributed by atoms with van der Waals surface area (Å²) in [6, 6.07) is 1.95. The van der Waals surface area contributed by atoms with Crippen molar-refractivity contribution >= 4 is 0 Å². The van der Waals surface area contributed by atoms with Crippen LogP contribution < -0.4 is 5.73 Å². The molecule has 1 aliphatic heterocycles. The highest BCUT2D eigenvalue weighted by Crippen LogP contribution is 2.31. The highest BCUT2D eigenvalue weighted by Gasteiger charge is 2.32. The zero-order valence-electron chi connectivity index (χ0n) is 13.6. The summed E-state index contributed by atoms with van der Waals surface area (Å²) in [7, 11) is 0. The van der Waals surface area contributed by atoms with Gasteiger partial charge in [0.1, 0.15) is 0 Å². The zero-order valence-corrected chi connectivity index (χ0v) is 13.6. The van der Waals surface area contributed by atoms with Crippen LogP contribution in [0.2, 0.25) is 0 Å². The van der Waals surface area contributed by atoms with E-state index in [9.17, 15) is 0 Å². The summed E-state index contributed by atoms with van der Waals surface area (Å²) < 4.78 is 5.55. The maximum Gasteiger partial charge on any atom is 0.0510 e. The van der Waals surface area contributed by atoms with E-state index in [0.29, 0.717) is 12.0 Å². The molecule has 2 atom stereocenters. The maximum atomic E-state index is 6.57. The Morgan fingerprint density at radius 2 is 1.43 bits per heavy atom. The van der Waals surface area contributed by atoms with Crippen LogP contribution in [-0.2, 0) is 4.74 Å². The van der Waals surface area contributed by atoms with Crippen LogP contribution in [0.5, 0.6) is 0 Å². The van der Waals surface area contributed by atoms with E-state index in [2.05, 4.69) is 4.90 Å². The summed E-state index contributed by atoms with van der Waals surface area (Å²) in [5.74, 6) is 0.597. The summed E-state index contributed by atoms with van der Waals surface area (Å²) >= 11 is 0. The lowest BCUT2D eigenvalue weighted by Crippen LogP contribution is -2.52. The van der Waals surface area contributed by atoms with Crippen molar-refractivity contribution in [2.45, 2.75) is 88.8 Å². The van der Waals surface area contributed by atoms with Crippen LogP contribution in [0.1, 0.15) is 70.6 Å². The molecule has 3 heteroatoms. The van der Waals surface area contributed by atoms with Gasteiger partial charge in [-0.3, -0.25) is 4.90 Å². The molecule has 0 amide bonds. The van der Waals surface area contributed by atoms with Crippen LogP contribution in [0.15, 0.2) is 0 Å². The monoisotopic (exact) mass is 294 g/mol. The molecule has 2 N–H and O–H groups in total. The van der Waals surface area contributed by atoms with Crippen molar-refractivity contribution < 1.29 is 4.74 Å². The van der Waals surface area contributed by atoms with E-state index in [0.717, 1.165) is 31.8 Å². The molecule has 3 rings (SSSR count). The van der Waals surface area contributed by atoms with Crippen molar-refractivity contribution in [3.63, 3.8) is 0 Å². The van der Waals surface area contributed by atoms with E-state index in [-0.39, 0.29) is 0 Å². The van der Waals surface area contributed by atoms with E-state index >= 15 is 0 Å². The predicted octanol–water partition coefficient (Wildman–Crippen LogP) is 3.32. The second kappa shape index (κ2) is 7.94. The first-order chi connectivity index (χ1) is 10.3. The fourth-order valence-electron chi connectivity index (χ4n) is 4.70. The van der Waals surface area contributed by atoms with Crippen molar-refractivity contribution in [3.8, 4) is 0 Å². The first-order valence-corrected chi connectivity index (χ1v) is 9.43. The Bertz CT molecular complexity index is 274. The molecule has 1 saturated heterocycles. The van der Waals surface area contributed by atoms with Gasteiger partial charge in [-0.15, -0.1) is 0 Å². The molecular formula is C18H34N2O. The van der Waals surface area contributed by atoms with E-state index < -0.39 is 0 Å². The number of hydrogen-bond donors (Lipinski definition) is 1. The Kier molecular flexibility index (Phi) is 5.96. The van der Waals surface area contributed by atoms with Crippen LogP contribution in [0.3, 0.4) is 0 Å². The van der Waals surface area contributed by atoms with Crippen molar-refractivity contribution in [2.75, 3.05) is 19.8 Å². The summed E-state index contributed by atoms with van der Waals surface area (Å²) in [6.45, 7) is 2.93. The van der Waals surface area contributed by atoms with Gasteiger partial charge in [0.2, 0.25) is 0 Å². The van der Waals surface area contributed by atoms with Gasteiger partial charge in [-0.05, 0) is 32.1 Å². The van der Waals surface area contributed by atoms with Gasteiger partial charge in [0.25, 0.3) is 0 Å². The summed E-state index contributed by atoms with van der Waals surface area (Å²) in [5.41, 5.74) is 6.57. The van der Waals surface area contributed by atoms with Crippen molar-refractivity contribution in [2.24, 2.45) is 11.7 Å². The normalized spacial score (nSPS) is 30.9. The van der Waals surface area contributed by atoms with Crippen molar-refractivity contribution in [1.82, 2.24) is 4.90 Å². The molecule has 2 unspecified atom stereocenters. The third-order valence-electron chi connectivity index (χ3n) is 6.08. The van der Waals surface area contributed by atoms with E-state index in [1.54, 1.807) is 0 Å². The molecule has 1 heterocycles. The first-order valence-electron chi connectivity index (χ1n) is 9.43. The molecule has 0 aromatic heterocycles. The molecule has 0 aromatic rings. The molecule has 21 heavy (non-hydrogen) atoms. The highest BCUT2D eigenvalue weighted by atomic mass is 16.5. The third-order valence-corrected chi connectivity index (χ3v) is 6.08. The summed E-state index contributed by atoms with van der Waals surface area (Å²) in [5, 5.41) is 0. The zero-order chi connectivity index (χ0) is 14.5. The van der Waals surface area contributed by atoms with Gasteiger partial charge in [-0.1, -0.05) is 38.5 Å². The average Bonchev–Trinajstić information content (AvgIpc) is 3.09. The van der Waals surface area contributed by atoms with Crippen LogP contribution in [-0.4, -0.2) is 42.8 Å². The van der Waals surface area contributed by atoms with Crippen molar-refractivity contribution in [1.29, 1.82) is 0 Å². The SMILES string of the molecule is NC(CN(C1CCCCC1)C1CCCCC1)C1CCOC1. The molecule has 0 spiro atoms. The number of ether oxygens (including phenoxy) is 1. The number of nitrogens with zero attached hydrogens (tertiary/aromatic N) is 1. The largest absolute Gasteiger partial charge is 0.381 e. The first kappa shape index (κ1) is 15.8. The second-order valence-electron chi connectivity index (χ2n) is 7.57. The van der Waals surface area contributed by atoms with Gasteiger partial charge in [0, 0.05) is 37.2 Å². The van der Waals surface area contributed by atoms with E-state index in [1.807, 2.05) is 0 Å². The molecule has 3 fully saturated rings. The Morgan fingerprint density at radius 3 is 1.90 bits per heavy atom. The van der Waals surface area contributed by atoms with Crippen LogP contribution >= 0.6 is 0 Å². The van der Waals surface area contributed by atoms with E-state index in [4.69, 9.17) is 10.5 Å².